The Morgan fingerprint density at radius 3 is 2.23 bits per heavy atom. The van der Waals surface area contributed by atoms with Crippen LogP contribution in [0.2, 0.25) is 0 Å². The molecule has 0 aliphatic carbocycles. The normalized spacial score (nSPS) is 17.8. The third-order valence-electron chi connectivity index (χ3n) is 4.44. The van der Waals surface area contributed by atoms with Crippen LogP contribution in [0, 0.1) is 26.6 Å². The van der Waals surface area contributed by atoms with E-state index in [2.05, 4.69) is 0 Å². The van der Waals surface area contributed by atoms with Crippen molar-refractivity contribution < 1.29 is 21.8 Å². The molecule has 3 rings (SSSR count). The molecular weight excluding hydrogens is 357 g/mol. The number of hydrogen-bond acceptors (Lipinski definition) is 4. The Kier molecular flexibility index (Phi) is 4.86. The Morgan fingerprint density at radius 1 is 1.08 bits per heavy atom. The van der Waals surface area contributed by atoms with Crippen LogP contribution in [0.5, 0.6) is 0 Å². The Hall–Kier alpha value is -2.25. The lowest BCUT2D eigenvalue weighted by Crippen LogP contribution is -2.32. The molecule has 1 saturated heterocycles. The van der Waals surface area contributed by atoms with Crippen molar-refractivity contribution in [3.8, 4) is 0 Å². The van der Waals surface area contributed by atoms with Gasteiger partial charge in [-0.3, -0.25) is 8.98 Å². The summed E-state index contributed by atoms with van der Waals surface area (Å²) in [6.07, 6.45) is -0.827. The maximum atomic E-state index is 13.8. The smallest absolute Gasteiger partial charge is 0.297 e. The van der Waals surface area contributed by atoms with Crippen molar-refractivity contribution in [3.63, 3.8) is 0 Å². The average Bonchev–Trinajstić information content (AvgIpc) is 2.93. The molecule has 1 aliphatic rings. The van der Waals surface area contributed by atoms with E-state index in [4.69, 9.17) is 4.18 Å². The van der Waals surface area contributed by atoms with E-state index >= 15 is 0 Å². The first-order chi connectivity index (χ1) is 12.2. The lowest BCUT2D eigenvalue weighted by Gasteiger charge is -2.18. The van der Waals surface area contributed by atoms with Crippen molar-refractivity contribution in [1.82, 2.24) is 0 Å². The molecule has 2 aromatic rings. The minimum atomic E-state index is -4.03. The summed E-state index contributed by atoms with van der Waals surface area (Å²) < 4.78 is 43.8. The average molecular weight is 377 g/mol. The first kappa shape index (κ1) is 18.5. The van der Waals surface area contributed by atoms with Gasteiger partial charge in [-0.05, 0) is 56.2 Å². The number of carbonyl (C=O) groups excluding carboxylic acids is 1. The van der Waals surface area contributed by atoms with Gasteiger partial charge in [-0.2, -0.15) is 8.42 Å². The van der Waals surface area contributed by atoms with Crippen LogP contribution in [-0.2, 0) is 19.1 Å². The Labute approximate surface area is 152 Å². The number of halogens is 1. The molecule has 7 heteroatoms. The zero-order valence-corrected chi connectivity index (χ0v) is 15.6. The monoisotopic (exact) mass is 377 g/mol. The highest BCUT2D eigenvalue weighted by Gasteiger charge is 2.37. The quantitative estimate of drug-likeness (QED) is 0.767. The second-order valence-electron chi connectivity index (χ2n) is 6.52. The van der Waals surface area contributed by atoms with Crippen LogP contribution in [-0.4, -0.2) is 27.0 Å². The second-order valence-corrected chi connectivity index (χ2v) is 8.10. The summed E-state index contributed by atoms with van der Waals surface area (Å²) in [5.41, 5.74) is 2.34. The van der Waals surface area contributed by atoms with Gasteiger partial charge in [-0.25, -0.2) is 4.39 Å². The number of hydrogen-bond donors (Lipinski definition) is 0. The Morgan fingerprint density at radius 2 is 1.65 bits per heavy atom. The Bertz CT molecular complexity index is 931. The molecular formula is C19H20FNO4S. The van der Waals surface area contributed by atoms with Crippen molar-refractivity contribution in [1.29, 1.82) is 0 Å². The lowest BCUT2D eigenvalue weighted by molar-refractivity contribution is -0.122. The number of carbonyl (C=O) groups is 1. The molecule has 1 atom stereocenters. The van der Waals surface area contributed by atoms with Gasteiger partial charge < -0.3 is 4.90 Å². The second kappa shape index (κ2) is 6.81. The third kappa shape index (κ3) is 3.50. The largest absolute Gasteiger partial charge is 0.310 e. The third-order valence-corrected chi connectivity index (χ3v) is 5.78. The summed E-state index contributed by atoms with van der Waals surface area (Å²) in [4.78, 5) is 14.1. The van der Waals surface area contributed by atoms with E-state index in [-0.39, 0.29) is 17.1 Å². The van der Waals surface area contributed by atoms with E-state index < -0.39 is 22.1 Å². The number of benzene rings is 2. The fourth-order valence-corrected chi connectivity index (χ4v) is 4.06. The van der Waals surface area contributed by atoms with Crippen molar-refractivity contribution in [2.75, 3.05) is 11.4 Å². The minimum absolute atomic E-state index is 0.0165. The fourth-order valence-electron chi connectivity index (χ4n) is 2.99. The molecule has 26 heavy (non-hydrogen) atoms. The van der Waals surface area contributed by atoms with Gasteiger partial charge in [0.2, 0.25) is 0 Å². The van der Waals surface area contributed by atoms with E-state index in [1.807, 2.05) is 6.92 Å². The van der Waals surface area contributed by atoms with E-state index in [9.17, 15) is 17.6 Å². The van der Waals surface area contributed by atoms with Crippen LogP contribution in [0.3, 0.4) is 0 Å². The Balaban J connectivity index is 1.80. The van der Waals surface area contributed by atoms with Crippen LogP contribution in [0.25, 0.3) is 0 Å². The van der Waals surface area contributed by atoms with E-state index in [1.54, 1.807) is 38.1 Å². The molecule has 1 fully saturated rings. The van der Waals surface area contributed by atoms with Crippen molar-refractivity contribution in [3.05, 3.63) is 58.9 Å². The summed E-state index contributed by atoms with van der Waals surface area (Å²) in [7, 11) is -4.03. The van der Waals surface area contributed by atoms with Gasteiger partial charge in [0, 0.05) is 18.7 Å². The van der Waals surface area contributed by atoms with Crippen LogP contribution in [0.4, 0.5) is 10.1 Å². The zero-order chi connectivity index (χ0) is 19.1. The van der Waals surface area contributed by atoms with Crippen molar-refractivity contribution in [2.24, 2.45) is 0 Å². The summed E-state index contributed by atoms with van der Waals surface area (Å²) in [5, 5.41) is 0. The molecule has 1 unspecified atom stereocenters. The molecule has 0 N–H and O–H groups in total. The molecule has 0 saturated carbocycles. The number of rotatable bonds is 4. The van der Waals surface area contributed by atoms with Gasteiger partial charge in [0.1, 0.15) is 5.82 Å². The summed E-state index contributed by atoms with van der Waals surface area (Å²) in [5.74, 6) is -0.749. The standard InChI is InChI=1S/C19H20FNO4S/c1-12-4-6-16(7-5-12)26(23,24)25-17-8-9-21(19(17)22)15-10-13(2)18(20)14(3)11-15/h4-7,10-11,17H,8-9H2,1-3H3. The molecule has 0 bridgehead atoms. The van der Waals surface area contributed by atoms with E-state index in [0.29, 0.717) is 23.4 Å². The number of aryl methyl sites for hydroxylation is 3. The van der Waals surface area contributed by atoms with Gasteiger partial charge in [-0.15, -0.1) is 0 Å². The molecule has 1 heterocycles. The highest BCUT2D eigenvalue weighted by molar-refractivity contribution is 7.86. The molecule has 0 spiro atoms. The summed E-state index contributed by atoms with van der Waals surface area (Å²) >= 11 is 0. The molecule has 0 aromatic heterocycles. The first-order valence-corrected chi connectivity index (χ1v) is 9.68. The van der Waals surface area contributed by atoms with Crippen LogP contribution >= 0.6 is 0 Å². The summed E-state index contributed by atoms with van der Waals surface area (Å²) in [6, 6.07) is 9.41. The fraction of sp³-hybridized carbons (Fsp3) is 0.316. The minimum Gasteiger partial charge on any atom is -0.310 e. The van der Waals surface area contributed by atoms with Crippen molar-refractivity contribution in [2.45, 2.75) is 38.2 Å². The SMILES string of the molecule is Cc1ccc(S(=O)(=O)OC2CCN(c3cc(C)c(F)c(C)c3)C2=O)cc1. The molecule has 2 aromatic carbocycles. The van der Waals surface area contributed by atoms with Crippen LogP contribution in [0.15, 0.2) is 41.3 Å². The van der Waals surface area contributed by atoms with Gasteiger partial charge >= 0.3 is 0 Å². The highest BCUT2D eigenvalue weighted by atomic mass is 32.2. The first-order valence-electron chi connectivity index (χ1n) is 8.27. The molecule has 1 aliphatic heterocycles. The lowest BCUT2D eigenvalue weighted by atomic mass is 10.1. The predicted molar refractivity (Wildman–Crippen MR) is 96.1 cm³/mol. The van der Waals surface area contributed by atoms with Crippen molar-refractivity contribution >= 4 is 21.7 Å². The maximum Gasteiger partial charge on any atom is 0.297 e. The van der Waals surface area contributed by atoms with Gasteiger partial charge in [0.15, 0.2) is 6.10 Å². The van der Waals surface area contributed by atoms with E-state index in [1.165, 1.54) is 17.0 Å². The van der Waals surface area contributed by atoms with Gasteiger partial charge in [0.05, 0.1) is 4.90 Å². The van der Waals surface area contributed by atoms with Gasteiger partial charge in [0.25, 0.3) is 16.0 Å². The summed E-state index contributed by atoms with van der Waals surface area (Å²) in [6.45, 7) is 5.42. The topological polar surface area (TPSA) is 63.7 Å². The van der Waals surface area contributed by atoms with E-state index in [0.717, 1.165) is 5.56 Å². The molecule has 5 nitrogen and oxygen atoms in total. The van der Waals surface area contributed by atoms with Crippen LogP contribution < -0.4 is 4.90 Å². The predicted octanol–water partition coefficient (Wildman–Crippen LogP) is 3.26. The number of amides is 1. The molecule has 0 radical (unpaired) electrons. The maximum absolute atomic E-state index is 13.8. The molecule has 138 valence electrons. The van der Waals surface area contributed by atoms with Gasteiger partial charge in [-0.1, -0.05) is 17.7 Å². The number of nitrogens with zero attached hydrogens (tertiary/aromatic N) is 1. The number of anilines is 1. The highest BCUT2D eigenvalue weighted by Crippen LogP contribution is 2.28. The van der Waals surface area contributed by atoms with Crippen LogP contribution in [0.1, 0.15) is 23.1 Å². The zero-order valence-electron chi connectivity index (χ0n) is 14.8. The molecule has 1 amide bonds.